The molecule has 0 fully saturated rings. The minimum atomic E-state index is -0.0962. The third kappa shape index (κ3) is 2.55. The topological polar surface area (TPSA) is 80.0 Å². The Morgan fingerprint density at radius 1 is 1.08 bits per heavy atom. The minimum absolute atomic E-state index is 0.0962. The van der Waals surface area contributed by atoms with Crippen LogP contribution in [-0.2, 0) is 14.1 Å². The second kappa shape index (κ2) is 5.55. The van der Waals surface area contributed by atoms with E-state index in [1.807, 2.05) is 37.4 Å². The van der Waals surface area contributed by atoms with E-state index >= 15 is 0 Å². The number of aryl methyl sites for hydroxylation is 2. The first-order chi connectivity index (χ1) is 12.0. The molecule has 7 nitrogen and oxygen atoms in total. The molecule has 0 aliphatic heterocycles. The van der Waals surface area contributed by atoms with E-state index in [2.05, 4.69) is 5.10 Å². The van der Waals surface area contributed by atoms with Gasteiger partial charge in [0.15, 0.2) is 5.75 Å². The smallest absolute Gasteiger partial charge is 0.332 e. The molecule has 0 aliphatic carbocycles. The molecular weight excluding hydrogens is 318 g/mol. The van der Waals surface area contributed by atoms with Crippen LogP contribution in [0.3, 0.4) is 0 Å². The lowest BCUT2D eigenvalue weighted by Crippen LogP contribution is -2.20. The van der Waals surface area contributed by atoms with Crippen LogP contribution in [0.1, 0.15) is 0 Å². The molecule has 2 aromatic carbocycles. The number of anilines is 1. The van der Waals surface area contributed by atoms with E-state index in [0.717, 1.165) is 16.6 Å². The standard InChI is InChI=1S/C18H17N5O2/c1-21-7-8-23(18(21)24)14-3-5-15(6-4-14)25-16-10-13(19)9-12-11-20-22(2)17(12)16/h3-11H,19H2,1-2H3. The van der Waals surface area contributed by atoms with Crippen LogP contribution in [0.15, 0.2) is 59.8 Å². The molecule has 0 spiro atoms. The fourth-order valence-electron chi connectivity index (χ4n) is 2.84. The van der Waals surface area contributed by atoms with Crippen molar-refractivity contribution in [3.63, 3.8) is 0 Å². The van der Waals surface area contributed by atoms with Crippen molar-refractivity contribution in [2.45, 2.75) is 0 Å². The molecule has 0 atom stereocenters. The van der Waals surface area contributed by atoms with Crippen LogP contribution in [-0.4, -0.2) is 18.9 Å². The largest absolute Gasteiger partial charge is 0.455 e. The first kappa shape index (κ1) is 15.1. The number of hydrogen-bond donors (Lipinski definition) is 1. The Morgan fingerprint density at radius 2 is 1.84 bits per heavy atom. The number of rotatable bonds is 3. The maximum Gasteiger partial charge on any atom is 0.332 e. The van der Waals surface area contributed by atoms with Gasteiger partial charge in [0.05, 0.1) is 11.9 Å². The zero-order chi connectivity index (χ0) is 17.6. The summed E-state index contributed by atoms with van der Waals surface area (Å²) in [6.07, 6.45) is 5.21. The lowest BCUT2D eigenvalue weighted by Gasteiger charge is -2.10. The van der Waals surface area contributed by atoms with E-state index in [4.69, 9.17) is 10.5 Å². The molecular formula is C18H17N5O2. The average molecular weight is 335 g/mol. The number of nitrogens with two attached hydrogens (primary N) is 1. The Labute approximate surface area is 143 Å². The molecule has 0 radical (unpaired) electrons. The van der Waals surface area contributed by atoms with E-state index in [1.165, 1.54) is 4.57 Å². The Bertz CT molecular complexity index is 1120. The number of benzene rings is 2. The highest BCUT2D eigenvalue weighted by atomic mass is 16.5. The Morgan fingerprint density at radius 3 is 2.52 bits per heavy atom. The second-order valence-corrected chi connectivity index (χ2v) is 5.88. The van der Waals surface area contributed by atoms with E-state index in [1.54, 1.807) is 41.0 Å². The molecule has 2 N–H and O–H groups in total. The van der Waals surface area contributed by atoms with Crippen molar-refractivity contribution in [1.29, 1.82) is 0 Å². The van der Waals surface area contributed by atoms with Crippen LogP contribution in [0.5, 0.6) is 11.5 Å². The molecule has 126 valence electrons. The summed E-state index contributed by atoms with van der Waals surface area (Å²) < 4.78 is 10.9. The predicted octanol–water partition coefficient (Wildman–Crippen LogP) is 2.44. The van der Waals surface area contributed by atoms with Crippen LogP contribution in [0, 0.1) is 0 Å². The van der Waals surface area contributed by atoms with Crippen LogP contribution in [0.4, 0.5) is 5.69 Å². The van der Waals surface area contributed by atoms with Crippen molar-refractivity contribution in [1.82, 2.24) is 18.9 Å². The summed E-state index contributed by atoms with van der Waals surface area (Å²) in [7, 11) is 3.57. The molecule has 0 bridgehead atoms. The van der Waals surface area contributed by atoms with Crippen molar-refractivity contribution in [3.05, 3.63) is 65.5 Å². The second-order valence-electron chi connectivity index (χ2n) is 5.88. The molecule has 4 aromatic rings. The molecule has 0 unspecified atom stereocenters. The predicted molar refractivity (Wildman–Crippen MR) is 96.2 cm³/mol. The normalized spacial score (nSPS) is 11.1. The molecule has 25 heavy (non-hydrogen) atoms. The summed E-state index contributed by atoms with van der Waals surface area (Å²) in [5.41, 5.74) is 8.11. The molecule has 0 amide bonds. The fourth-order valence-corrected chi connectivity index (χ4v) is 2.84. The summed E-state index contributed by atoms with van der Waals surface area (Å²) in [4.78, 5) is 12.0. The summed E-state index contributed by atoms with van der Waals surface area (Å²) in [5.74, 6) is 1.29. The van der Waals surface area contributed by atoms with Gasteiger partial charge in [0, 0.05) is 43.6 Å². The van der Waals surface area contributed by atoms with Crippen molar-refractivity contribution in [2.24, 2.45) is 14.1 Å². The van der Waals surface area contributed by atoms with Crippen molar-refractivity contribution >= 4 is 16.6 Å². The number of aromatic nitrogens is 4. The van der Waals surface area contributed by atoms with E-state index in [-0.39, 0.29) is 5.69 Å². The molecule has 0 saturated carbocycles. The van der Waals surface area contributed by atoms with Gasteiger partial charge < -0.3 is 15.0 Å². The quantitative estimate of drug-likeness (QED) is 0.583. The Kier molecular flexibility index (Phi) is 3.35. The first-order valence-electron chi connectivity index (χ1n) is 7.76. The summed E-state index contributed by atoms with van der Waals surface area (Å²) >= 11 is 0. The lowest BCUT2D eigenvalue weighted by molar-refractivity contribution is 0.485. The summed E-state index contributed by atoms with van der Waals surface area (Å²) in [5, 5.41) is 5.17. The highest BCUT2D eigenvalue weighted by Crippen LogP contribution is 2.32. The third-order valence-electron chi connectivity index (χ3n) is 4.11. The highest BCUT2D eigenvalue weighted by Gasteiger charge is 2.10. The molecule has 0 aliphatic rings. The van der Waals surface area contributed by atoms with Gasteiger partial charge in [-0.15, -0.1) is 0 Å². The number of nitrogens with zero attached hydrogens (tertiary/aromatic N) is 4. The molecule has 7 heteroatoms. The van der Waals surface area contributed by atoms with Gasteiger partial charge in [-0.1, -0.05) is 0 Å². The highest BCUT2D eigenvalue weighted by molar-refractivity contribution is 5.88. The van der Waals surface area contributed by atoms with Gasteiger partial charge in [0.1, 0.15) is 11.3 Å². The molecule has 2 aromatic heterocycles. The third-order valence-corrected chi connectivity index (χ3v) is 4.11. The SMILES string of the molecule is Cn1ccn(-c2ccc(Oc3cc(N)cc4cnn(C)c34)cc2)c1=O. The van der Waals surface area contributed by atoms with E-state index in [0.29, 0.717) is 17.2 Å². The van der Waals surface area contributed by atoms with Gasteiger partial charge >= 0.3 is 5.69 Å². The average Bonchev–Trinajstić information content (AvgIpc) is 3.12. The molecule has 4 rings (SSSR count). The van der Waals surface area contributed by atoms with Gasteiger partial charge in [-0.2, -0.15) is 5.10 Å². The Balaban J connectivity index is 1.69. The van der Waals surface area contributed by atoms with Gasteiger partial charge in [0.2, 0.25) is 0 Å². The van der Waals surface area contributed by atoms with E-state index in [9.17, 15) is 4.79 Å². The van der Waals surface area contributed by atoms with Crippen molar-refractivity contribution in [2.75, 3.05) is 5.73 Å². The maximum absolute atomic E-state index is 12.0. The van der Waals surface area contributed by atoms with Crippen molar-refractivity contribution in [3.8, 4) is 17.2 Å². The van der Waals surface area contributed by atoms with Gasteiger partial charge in [-0.3, -0.25) is 9.25 Å². The monoisotopic (exact) mass is 335 g/mol. The van der Waals surface area contributed by atoms with Gasteiger partial charge in [0.25, 0.3) is 0 Å². The number of fused-ring (bicyclic) bond motifs is 1. The summed E-state index contributed by atoms with van der Waals surface area (Å²) in [6, 6.07) is 11.0. The minimum Gasteiger partial charge on any atom is -0.455 e. The molecule has 0 saturated heterocycles. The number of imidazole rings is 1. The molecule has 2 heterocycles. The first-order valence-corrected chi connectivity index (χ1v) is 7.76. The van der Waals surface area contributed by atoms with Crippen LogP contribution in [0.2, 0.25) is 0 Å². The Hall–Kier alpha value is -3.48. The van der Waals surface area contributed by atoms with Crippen LogP contribution in [0.25, 0.3) is 16.6 Å². The lowest BCUT2D eigenvalue weighted by atomic mass is 10.2. The fraction of sp³-hybridized carbons (Fsp3) is 0.111. The number of hydrogen-bond acceptors (Lipinski definition) is 4. The van der Waals surface area contributed by atoms with Gasteiger partial charge in [-0.05, 0) is 30.3 Å². The van der Waals surface area contributed by atoms with Gasteiger partial charge in [-0.25, -0.2) is 4.79 Å². The summed E-state index contributed by atoms with van der Waals surface area (Å²) in [6.45, 7) is 0. The maximum atomic E-state index is 12.0. The number of nitrogen functional groups attached to an aromatic ring is 1. The van der Waals surface area contributed by atoms with Crippen LogP contribution < -0.4 is 16.2 Å². The zero-order valence-electron chi connectivity index (χ0n) is 13.9. The zero-order valence-corrected chi connectivity index (χ0v) is 13.9. The van der Waals surface area contributed by atoms with Crippen molar-refractivity contribution < 1.29 is 4.74 Å². The number of ether oxygens (including phenoxy) is 1. The van der Waals surface area contributed by atoms with Crippen LogP contribution >= 0.6 is 0 Å². The van der Waals surface area contributed by atoms with E-state index < -0.39 is 0 Å².